The molecule has 0 radical (unpaired) electrons. The monoisotopic (exact) mass is 314 g/mol. The number of hydrogen-bond donors (Lipinski definition) is 2. The summed E-state index contributed by atoms with van der Waals surface area (Å²) in [5.74, 6) is 0.118. The van der Waals surface area contributed by atoms with Gasteiger partial charge in [0.05, 0.1) is 23.5 Å². The number of anilines is 2. The zero-order valence-electron chi connectivity index (χ0n) is 10.7. The van der Waals surface area contributed by atoms with E-state index in [9.17, 15) is 4.39 Å². The van der Waals surface area contributed by atoms with E-state index in [0.29, 0.717) is 28.7 Å². The van der Waals surface area contributed by atoms with Crippen LogP contribution in [0.4, 0.5) is 15.8 Å². The minimum Gasteiger partial charge on any atom is -0.496 e. The number of halogens is 3. The predicted molar refractivity (Wildman–Crippen MR) is 81.2 cm³/mol. The summed E-state index contributed by atoms with van der Waals surface area (Å²) in [7, 11) is 1.56. The molecular weight excluding hydrogens is 302 g/mol. The van der Waals surface area contributed by atoms with Crippen molar-refractivity contribution in [3.05, 3.63) is 51.8 Å². The molecule has 0 spiro atoms. The summed E-state index contributed by atoms with van der Waals surface area (Å²) in [6, 6.07) is 7.96. The topological polar surface area (TPSA) is 47.3 Å². The van der Waals surface area contributed by atoms with Crippen LogP contribution in [0.15, 0.2) is 30.3 Å². The molecule has 3 nitrogen and oxygen atoms in total. The Morgan fingerprint density at radius 3 is 2.70 bits per heavy atom. The first-order valence-electron chi connectivity index (χ1n) is 5.82. The highest BCUT2D eigenvalue weighted by atomic mass is 35.5. The molecule has 0 unspecified atom stereocenters. The molecule has 3 N–H and O–H groups in total. The van der Waals surface area contributed by atoms with Gasteiger partial charge in [-0.2, -0.15) is 0 Å². The molecule has 20 heavy (non-hydrogen) atoms. The van der Waals surface area contributed by atoms with E-state index in [-0.39, 0.29) is 5.02 Å². The summed E-state index contributed by atoms with van der Waals surface area (Å²) in [6.07, 6.45) is 0. The molecule has 0 aliphatic heterocycles. The molecule has 0 aliphatic carbocycles. The van der Waals surface area contributed by atoms with E-state index < -0.39 is 5.82 Å². The van der Waals surface area contributed by atoms with E-state index in [1.807, 2.05) is 0 Å². The van der Waals surface area contributed by atoms with Gasteiger partial charge in [-0.25, -0.2) is 4.39 Å². The van der Waals surface area contributed by atoms with E-state index in [0.717, 1.165) is 5.56 Å². The number of rotatable bonds is 4. The third-order valence-electron chi connectivity index (χ3n) is 2.84. The lowest BCUT2D eigenvalue weighted by Crippen LogP contribution is -2.05. The van der Waals surface area contributed by atoms with Crippen molar-refractivity contribution in [2.24, 2.45) is 0 Å². The van der Waals surface area contributed by atoms with Gasteiger partial charge in [-0.1, -0.05) is 29.3 Å². The molecule has 0 saturated heterocycles. The van der Waals surface area contributed by atoms with Crippen LogP contribution in [0.25, 0.3) is 0 Å². The van der Waals surface area contributed by atoms with E-state index >= 15 is 0 Å². The highest BCUT2D eigenvalue weighted by molar-refractivity contribution is 6.31. The normalized spacial score (nSPS) is 10.4. The Morgan fingerprint density at radius 2 is 2.00 bits per heavy atom. The highest BCUT2D eigenvalue weighted by Gasteiger charge is 2.10. The van der Waals surface area contributed by atoms with Gasteiger partial charge in [0.2, 0.25) is 0 Å². The van der Waals surface area contributed by atoms with Crippen molar-refractivity contribution >= 4 is 34.6 Å². The summed E-state index contributed by atoms with van der Waals surface area (Å²) in [6.45, 7) is 0.355. The first kappa shape index (κ1) is 14.8. The molecule has 6 heteroatoms. The number of nitrogens with two attached hydrogens (primary N) is 1. The molecule has 0 amide bonds. The second-order valence-corrected chi connectivity index (χ2v) is 4.94. The first-order valence-corrected chi connectivity index (χ1v) is 6.58. The molecule has 0 fully saturated rings. The molecular formula is C14H13Cl2FN2O. The molecule has 106 valence electrons. The van der Waals surface area contributed by atoms with Crippen LogP contribution in [0.5, 0.6) is 5.75 Å². The SMILES string of the molecule is COc1cccc(Cl)c1CNc1cc(F)c(Cl)cc1N. The van der Waals surface area contributed by atoms with Crippen molar-refractivity contribution in [1.29, 1.82) is 0 Å². The van der Waals surface area contributed by atoms with Gasteiger partial charge < -0.3 is 15.8 Å². The zero-order chi connectivity index (χ0) is 14.7. The van der Waals surface area contributed by atoms with E-state index in [2.05, 4.69) is 5.32 Å². The molecule has 2 aromatic rings. The van der Waals surface area contributed by atoms with Crippen LogP contribution < -0.4 is 15.8 Å². The molecule has 2 rings (SSSR count). The van der Waals surface area contributed by atoms with E-state index in [1.165, 1.54) is 12.1 Å². The van der Waals surface area contributed by atoms with Crippen LogP contribution in [0.2, 0.25) is 10.0 Å². The average molecular weight is 315 g/mol. The Hall–Kier alpha value is -1.65. The number of nitrogens with one attached hydrogen (secondary N) is 1. The lowest BCUT2D eigenvalue weighted by atomic mass is 10.2. The smallest absolute Gasteiger partial charge is 0.143 e. The van der Waals surface area contributed by atoms with Gasteiger partial charge in [0.1, 0.15) is 11.6 Å². The fourth-order valence-corrected chi connectivity index (χ4v) is 2.21. The lowest BCUT2D eigenvalue weighted by molar-refractivity contribution is 0.410. The Morgan fingerprint density at radius 1 is 1.25 bits per heavy atom. The van der Waals surface area contributed by atoms with Crippen LogP contribution in [0.3, 0.4) is 0 Å². The fraction of sp³-hybridized carbons (Fsp3) is 0.143. The van der Waals surface area contributed by atoms with Crippen molar-refractivity contribution in [2.45, 2.75) is 6.54 Å². The second-order valence-electron chi connectivity index (χ2n) is 4.13. The number of nitrogen functional groups attached to an aromatic ring is 1. The Labute approximate surface area is 126 Å². The Bertz CT molecular complexity index is 635. The number of hydrogen-bond acceptors (Lipinski definition) is 3. The van der Waals surface area contributed by atoms with Gasteiger partial charge in [0.25, 0.3) is 0 Å². The van der Waals surface area contributed by atoms with Crippen molar-refractivity contribution in [3.8, 4) is 5.75 Å². The summed E-state index contributed by atoms with van der Waals surface area (Å²) in [5.41, 5.74) is 7.37. The molecule has 2 aromatic carbocycles. The van der Waals surface area contributed by atoms with Crippen molar-refractivity contribution < 1.29 is 9.13 Å². The maximum absolute atomic E-state index is 13.4. The Balaban J connectivity index is 2.23. The highest BCUT2D eigenvalue weighted by Crippen LogP contribution is 2.30. The average Bonchev–Trinajstić information content (AvgIpc) is 2.42. The minimum absolute atomic E-state index is 0.0108. The summed E-state index contributed by atoms with van der Waals surface area (Å²) < 4.78 is 18.7. The zero-order valence-corrected chi connectivity index (χ0v) is 12.2. The number of benzene rings is 2. The number of methoxy groups -OCH3 is 1. The van der Waals surface area contributed by atoms with Crippen LogP contribution in [0, 0.1) is 5.82 Å². The Kier molecular flexibility index (Phi) is 4.57. The predicted octanol–water partition coefficient (Wildman–Crippen LogP) is 4.34. The van der Waals surface area contributed by atoms with Crippen LogP contribution in [-0.2, 0) is 6.54 Å². The molecule has 0 bridgehead atoms. The van der Waals surface area contributed by atoms with Crippen LogP contribution in [-0.4, -0.2) is 7.11 Å². The van der Waals surface area contributed by atoms with Gasteiger partial charge in [0, 0.05) is 23.2 Å². The van der Waals surface area contributed by atoms with Gasteiger partial charge >= 0.3 is 0 Å². The largest absolute Gasteiger partial charge is 0.496 e. The first-order chi connectivity index (χ1) is 9.52. The third-order valence-corrected chi connectivity index (χ3v) is 3.49. The second kappa shape index (κ2) is 6.20. The summed E-state index contributed by atoms with van der Waals surface area (Å²) >= 11 is 11.8. The molecule has 0 heterocycles. The van der Waals surface area contributed by atoms with Gasteiger partial charge in [-0.05, 0) is 18.2 Å². The van der Waals surface area contributed by atoms with E-state index in [1.54, 1.807) is 25.3 Å². The fourth-order valence-electron chi connectivity index (χ4n) is 1.80. The third kappa shape index (κ3) is 3.08. The van der Waals surface area contributed by atoms with E-state index in [4.69, 9.17) is 33.7 Å². The standard InChI is InChI=1S/C14H13Cl2FN2O/c1-20-14-4-2-3-9(15)8(14)7-19-13-6-11(17)10(16)5-12(13)18/h2-6,19H,7,18H2,1H3. The maximum atomic E-state index is 13.4. The van der Waals surface area contributed by atoms with Gasteiger partial charge in [-0.15, -0.1) is 0 Å². The van der Waals surface area contributed by atoms with Crippen LogP contribution >= 0.6 is 23.2 Å². The van der Waals surface area contributed by atoms with Crippen molar-refractivity contribution in [2.75, 3.05) is 18.2 Å². The van der Waals surface area contributed by atoms with Gasteiger partial charge in [0.15, 0.2) is 0 Å². The molecule has 0 aliphatic rings. The quantitative estimate of drug-likeness (QED) is 0.825. The lowest BCUT2D eigenvalue weighted by Gasteiger charge is -2.14. The maximum Gasteiger partial charge on any atom is 0.143 e. The minimum atomic E-state index is -0.533. The van der Waals surface area contributed by atoms with Gasteiger partial charge in [-0.3, -0.25) is 0 Å². The van der Waals surface area contributed by atoms with Crippen molar-refractivity contribution in [3.63, 3.8) is 0 Å². The number of ether oxygens (including phenoxy) is 1. The summed E-state index contributed by atoms with van der Waals surface area (Å²) in [4.78, 5) is 0. The molecule has 0 saturated carbocycles. The molecule has 0 aromatic heterocycles. The summed E-state index contributed by atoms with van der Waals surface area (Å²) in [5, 5.41) is 3.57. The van der Waals surface area contributed by atoms with Crippen LogP contribution in [0.1, 0.15) is 5.56 Å². The van der Waals surface area contributed by atoms with Crippen molar-refractivity contribution in [1.82, 2.24) is 0 Å². The molecule has 0 atom stereocenters.